The summed E-state index contributed by atoms with van der Waals surface area (Å²) in [5.41, 5.74) is 0.859. The van der Waals surface area contributed by atoms with Gasteiger partial charge in [0.1, 0.15) is 16.8 Å². The van der Waals surface area contributed by atoms with Crippen molar-refractivity contribution in [3.05, 3.63) is 24.3 Å². The molecule has 1 aromatic heterocycles. The average Bonchev–Trinajstić information content (AvgIpc) is 3.11. The van der Waals surface area contributed by atoms with Gasteiger partial charge in [-0.2, -0.15) is 0 Å². The van der Waals surface area contributed by atoms with Gasteiger partial charge in [-0.1, -0.05) is 37.3 Å². The van der Waals surface area contributed by atoms with Crippen molar-refractivity contribution in [2.24, 2.45) is 5.92 Å². The Hall–Kier alpha value is -2.48. The molecule has 2 aromatic rings. The molecule has 0 bridgehead atoms. The number of anilines is 1. The normalized spacial score (nSPS) is 11.9. The maximum Gasteiger partial charge on any atom is 0.248 e. The Balaban J connectivity index is 1.99. The molecule has 0 aliphatic rings. The Labute approximate surface area is 157 Å². The summed E-state index contributed by atoms with van der Waals surface area (Å²) in [6, 6.07) is 6.81. The molecule has 140 valence electrons. The van der Waals surface area contributed by atoms with Gasteiger partial charge < -0.3 is 10.1 Å². The molecule has 8 heteroatoms. The summed E-state index contributed by atoms with van der Waals surface area (Å²) in [5, 5.41) is 14.6. The first-order valence-corrected chi connectivity index (χ1v) is 9.39. The maximum absolute atomic E-state index is 12.3. The molecule has 0 aliphatic heterocycles. The molecule has 1 unspecified atom stereocenters. The van der Waals surface area contributed by atoms with Crippen molar-refractivity contribution in [1.82, 2.24) is 15.5 Å². The van der Waals surface area contributed by atoms with Crippen molar-refractivity contribution in [2.45, 2.75) is 39.7 Å². The number of aromatic nitrogens is 2. The first-order chi connectivity index (χ1) is 12.5. The van der Waals surface area contributed by atoms with E-state index >= 15 is 0 Å². The number of methoxy groups -OCH3 is 1. The number of carbonyl (C=O) groups excluding carboxylic acids is 2. The SMILES string of the molecule is CCC(CC)C(=O)NC(C)C(=O)Nc1nnc(-c2cccc(OC)c2)s1. The lowest BCUT2D eigenvalue weighted by Crippen LogP contribution is -2.44. The van der Waals surface area contributed by atoms with Gasteiger partial charge >= 0.3 is 0 Å². The van der Waals surface area contributed by atoms with Crippen molar-refractivity contribution in [1.29, 1.82) is 0 Å². The highest BCUT2D eigenvalue weighted by Gasteiger charge is 2.21. The largest absolute Gasteiger partial charge is 0.497 e. The van der Waals surface area contributed by atoms with Crippen LogP contribution in [0.1, 0.15) is 33.6 Å². The van der Waals surface area contributed by atoms with Crippen molar-refractivity contribution in [3.63, 3.8) is 0 Å². The summed E-state index contributed by atoms with van der Waals surface area (Å²) in [4.78, 5) is 24.4. The van der Waals surface area contributed by atoms with E-state index in [0.29, 0.717) is 10.1 Å². The highest BCUT2D eigenvalue weighted by Crippen LogP contribution is 2.28. The first kappa shape index (κ1) is 19.8. The molecule has 1 aromatic carbocycles. The smallest absolute Gasteiger partial charge is 0.248 e. The predicted molar refractivity (Wildman–Crippen MR) is 102 cm³/mol. The molecule has 0 aliphatic carbocycles. The van der Waals surface area contributed by atoms with Crippen LogP contribution in [0.15, 0.2) is 24.3 Å². The number of nitrogens with one attached hydrogen (secondary N) is 2. The Morgan fingerprint density at radius 3 is 2.58 bits per heavy atom. The molecule has 2 N–H and O–H groups in total. The van der Waals surface area contributed by atoms with Gasteiger partial charge in [-0.25, -0.2) is 0 Å². The highest BCUT2D eigenvalue weighted by atomic mass is 32.1. The fourth-order valence-corrected chi connectivity index (χ4v) is 3.16. The molecule has 0 fully saturated rings. The molecule has 0 saturated heterocycles. The lowest BCUT2D eigenvalue weighted by molar-refractivity contribution is -0.129. The molecule has 0 radical (unpaired) electrons. The molecule has 2 amide bonds. The summed E-state index contributed by atoms with van der Waals surface area (Å²) >= 11 is 1.26. The number of carbonyl (C=O) groups is 2. The third-order valence-electron chi connectivity index (χ3n) is 4.08. The van der Waals surface area contributed by atoms with Crippen LogP contribution < -0.4 is 15.4 Å². The number of ether oxygens (including phenoxy) is 1. The van der Waals surface area contributed by atoms with Gasteiger partial charge in [-0.05, 0) is 31.9 Å². The third kappa shape index (κ3) is 5.01. The minimum atomic E-state index is -0.646. The van der Waals surface area contributed by atoms with Gasteiger partial charge in [0.25, 0.3) is 0 Å². The minimum absolute atomic E-state index is 0.0774. The van der Waals surface area contributed by atoms with Crippen LogP contribution in [-0.4, -0.2) is 35.2 Å². The Morgan fingerprint density at radius 1 is 1.19 bits per heavy atom. The number of nitrogens with zero attached hydrogens (tertiary/aromatic N) is 2. The molecular weight excluding hydrogens is 352 g/mol. The lowest BCUT2D eigenvalue weighted by Gasteiger charge is -2.17. The number of amides is 2. The Bertz CT molecular complexity index is 758. The van der Waals surface area contributed by atoms with E-state index in [0.717, 1.165) is 24.2 Å². The van der Waals surface area contributed by atoms with E-state index in [4.69, 9.17) is 4.74 Å². The molecule has 0 saturated carbocycles. The molecule has 7 nitrogen and oxygen atoms in total. The zero-order valence-electron chi connectivity index (χ0n) is 15.4. The maximum atomic E-state index is 12.3. The zero-order valence-corrected chi connectivity index (χ0v) is 16.2. The van der Waals surface area contributed by atoms with Crippen LogP contribution in [0.4, 0.5) is 5.13 Å². The highest BCUT2D eigenvalue weighted by molar-refractivity contribution is 7.18. The van der Waals surface area contributed by atoms with Crippen LogP contribution in [0.5, 0.6) is 5.75 Å². The van der Waals surface area contributed by atoms with Gasteiger partial charge in [0, 0.05) is 11.5 Å². The number of hydrogen-bond donors (Lipinski definition) is 2. The fraction of sp³-hybridized carbons (Fsp3) is 0.444. The second-order valence-electron chi connectivity index (χ2n) is 5.88. The summed E-state index contributed by atoms with van der Waals surface area (Å²) in [6.45, 7) is 5.57. The number of hydrogen-bond acceptors (Lipinski definition) is 6. The zero-order chi connectivity index (χ0) is 19.1. The van der Waals surface area contributed by atoms with E-state index in [1.54, 1.807) is 14.0 Å². The lowest BCUT2D eigenvalue weighted by atomic mass is 10.0. The van der Waals surface area contributed by atoms with Crippen LogP contribution in [0.25, 0.3) is 10.6 Å². The van der Waals surface area contributed by atoms with E-state index in [-0.39, 0.29) is 17.7 Å². The standard InChI is InChI=1S/C18H24N4O3S/c1-5-12(6-2)16(24)19-11(3)15(23)20-18-22-21-17(26-18)13-8-7-9-14(10-13)25-4/h7-12H,5-6H2,1-4H3,(H,19,24)(H,20,22,23). The topological polar surface area (TPSA) is 93.2 Å². The van der Waals surface area contributed by atoms with Crippen molar-refractivity contribution < 1.29 is 14.3 Å². The average molecular weight is 376 g/mol. The summed E-state index contributed by atoms with van der Waals surface area (Å²) in [6.07, 6.45) is 1.49. The summed E-state index contributed by atoms with van der Waals surface area (Å²) in [5.74, 6) is 0.220. The monoisotopic (exact) mass is 376 g/mol. The number of rotatable bonds is 8. The van der Waals surface area contributed by atoms with Crippen LogP contribution in [0, 0.1) is 5.92 Å². The summed E-state index contributed by atoms with van der Waals surface area (Å²) < 4.78 is 5.20. The van der Waals surface area contributed by atoms with E-state index in [9.17, 15) is 9.59 Å². The quantitative estimate of drug-likeness (QED) is 0.738. The molecule has 1 heterocycles. The van der Waals surface area contributed by atoms with Crippen LogP contribution in [-0.2, 0) is 9.59 Å². The van der Waals surface area contributed by atoms with Crippen molar-refractivity contribution in [3.8, 4) is 16.3 Å². The second-order valence-corrected chi connectivity index (χ2v) is 6.85. The van der Waals surface area contributed by atoms with E-state index in [2.05, 4.69) is 20.8 Å². The van der Waals surface area contributed by atoms with Crippen molar-refractivity contribution >= 4 is 28.3 Å². The van der Waals surface area contributed by atoms with Gasteiger partial charge in [0.15, 0.2) is 0 Å². The number of benzene rings is 1. The first-order valence-electron chi connectivity index (χ1n) is 8.57. The van der Waals surface area contributed by atoms with E-state index < -0.39 is 6.04 Å². The van der Waals surface area contributed by atoms with Gasteiger partial charge in [0.2, 0.25) is 16.9 Å². The van der Waals surface area contributed by atoms with Crippen molar-refractivity contribution in [2.75, 3.05) is 12.4 Å². The van der Waals surface area contributed by atoms with Gasteiger partial charge in [-0.3, -0.25) is 14.9 Å². The molecular formula is C18H24N4O3S. The second kappa shape index (κ2) is 9.28. The Kier molecular flexibility index (Phi) is 7.08. The molecule has 1 atom stereocenters. The van der Waals surface area contributed by atoms with E-state index in [1.165, 1.54) is 11.3 Å². The van der Waals surface area contributed by atoms with E-state index in [1.807, 2.05) is 38.1 Å². The summed E-state index contributed by atoms with van der Waals surface area (Å²) in [7, 11) is 1.60. The minimum Gasteiger partial charge on any atom is -0.497 e. The predicted octanol–water partition coefficient (Wildman–Crippen LogP) is 3.09. The third-order valence-corrected chi connectivity index (χ3v) is 4.97. The molecule has 2 rings (SSSR count). The van der Waals surface area contributed by atoms with Crippen LogP contribution >= 0.6 is 11.3 Å². The van der Waals surface area contributed by atoms with Gasteiger partial charge in [0.05, 0.1) is 7.11 Å². The Morgan fingerprint density at radius 2 is 1.92 bits per heavy atom. The van der Waals surface area contributed by atoms with Crippen LogP contribution in [0.2, 0.25) is 0 Å². The molecule has 26 heavy (non-hydrogen) atoms. The van der Waals surface area contributed by atoms with Gasteiger partial charge in [-0.15, -0.1) is 10.2 Å². The fourth-order valence-electron chi connectivity index (χ4n) is 2.42. The molecule has 0 spiro atoms. The van der Waals surface area contributed by atoms with Crippen LogP contribution in [0.3, 0.4) is 0 Å².